The largest absolute Gasteiger partial charge is 0.463 e. The van der Waals surface area contributed by atoms with Crippen LogP contribution in [0.3, 0.4) is 0 Å². The van der Waals surface area contributed by atoms with Crippen molar-refractivity contribution < 1.29 is 13.9 Å². The second-order valence-electron chi connectivity index (χ2n) is 5.24. The molecule has 0 unspecified atom stereocenters. The van der Waals surface area contributed by atoms with Crippen molar-refractivity contribution in [2.24, 2.45) is 5.41 Å². The van der Waals surface area contributed by atoms with Crippen LogP contribution in [0, 0.1) is 11.2 Å². The molecule has 0 bridgehead atoms. The Morgan fingerprint density at radius 2 is 2.14 bits per heavy atom. The van der Waals surface area contributed by atoms with Crippen LogP contribution in [0.2, 0.25) is 5.15 Å². The molecule has 2 aromatic rings. The van der Waals surface area contributed by atoms with Gasteiger partial charge in [-0.25, -0.2) is 9.37 Å². The molecule has 0 atom stereocenters. The summed E-state index contributed by atoms with van der Waals surface area (Å²) < 4.78 is 24.7. The molecule has 112 valence electrons. The molecule has 6 nitrogen and oxygen atoms in total. The first-order chi connectivity index (χ1) is 10.0. The highest BCUT2D eigenvalue weighted by Crippen LogP contribution is 2.45. The number of halogens is 2. The second-order valence-corrected chi connectivity index (χ2v) is 5.60. The molecule has 8 heteroatoms. The number of pyridine rings is 1. The van der Waals surface area contributed by atoms with Crippen molar-refractivity contribution in [3.63, 3.8) is 0 Å². The Morgan fingerprint density at radius 1 is 1.38 bits per heavy atom. The molecule has 0 radical (unpaired) electrons. The van der Waals surface area contributed by atoms with Gasteiger partial charge < -0.3 is 15.2 Å². The number of methoxy groups -OCH3 is 1. The van der Waals surface area contributed by atoms with Crippen LogP contribution in [-0.2, 0) is 4.74 Å². The van der Waals surface area contributed by atoms with Crippen LogP contribution in [0.5, 0.6) is 6.01 Å². The Balaban J connectivity index is 1.88. The van der Waals surface area contributed by atoms with Gasteiger partial charge in [-0.3, -0.25) is 0 Å². The van der Waals surface area contributed by atoms with Gasteiger partial charge in [0.25, 0.3) is 0 Å². The van der Waals surface area contributed by atoms with Crippen LogP contribution in [-0.4, -0.2) is 35.3 Å². The van der Waals surface area contributed by atoms with Gasteiger partial charge in [-0.15, -0.1) is 0 Å². The molecule has 0 aliphatic heterocycles. The zero-order valence-electron chi connectivity index (χ0n) is 11.4. The quantitative estimate of drug-likeness (QED) is 0.852. The van der Waals surface area contributed by atoms with Crippen molar-refractivity contribution in [3.05, 3.63) is 17.2 Å². The van der Waals surface area contributed by atoms with Crippen LogP contribution in [0.4, 0.5) is 10.2 Å². The SMILES string of the molecule is COCC1(COc2nc(N)c3cnc(Cl)c(F)c3n2)CC1. The fraction of sp³-hybridized carbons (Fsp3) is 0.462. The molecule has 0 spiro atoms. The molecule has 1 fully saturated rings. The Hall–Kier alpha value is -1.73. The summed E-state index contributed by atoms with van der Waals surface area (Å²) in [7, 11) is 1.65. The third kappa shape index (κ3) is 2.71. The van der Waals surface area contributed by atoms with Gasteiger partial charge in [-0.1, -0.05) is 11.6 Å². The molecular formula is C13H14ClFN4O2. The first-order valence-corrected chi connectivity index (χ1v) is 6.81. The highest BCUT2D eigenvalue weighted by molar-refractivity contribution is 6.30. The van der Waals surface area contributed by atoms with Crippen LogP contribution in [0.15, 0.2) is 6.20 Å². The van der Waals surface area contributed by atoms with Gasteiger partial charge >= 0.3 is 6.01 Å². The maximum Gasteiger partial charge on any atom is 0.319 e. The summed E-state index contributed by atoms with van der Waals surface area (Å²) >= 11 is 5.65. The lowest BCUT2D eigenvalue weighted by Crippen LogP contribution is -2.19. The number of anilines is 1. The van der Waals surface area contributed by atoms with Gasteiger partial charge in [-0.2, -0.15) is 9.97 Å². The highest BCUT2D eigenvalue weighted by Gasteiger charge is 2.43. The minimum absolute atomic E-state index is 0.00842. The molecule has 0 saturated heterocycles. The molecule has 2 N–H and O–H groups in total. The van der Waals surface area contributed by atoms with Crippen molar-refractivity contribution in [1.29, 1.82) is 0 Å². The Bertz CT molecular complexity index is 693. The van der Waals surface area contributed by atoms with Gasteiger partial charge in [0.05, 0.1) is 18.6 Å². The number of nitrogens with two attached hydrogens (primary N) is 1. The Kier molecular flexibility index (Phi) is 3.54. The fourth-order valence-electron chi connectivity index (χ4n) is 2.13. The smallest absolute Gasteiger partial charge is 0.319 e. The van der Waals surface area contributed by atoms with E-state index in [9.17, 15) is 4.39 Å². The lowest BCUT2D eigenvalue weighted by Gasteiger charge is -2.14. The predicted molar refractivity (Wildman–Crippen MR) is 75.8 cm³/mol. The summed E-state index contributed by atoms with van der Waals surface area (Å²) in [5.74, 6) is -0.624. The zero-order valence-corrected chi connectivity index (χ0v) is 12.2. The van der Waals surface area contributed by atoms with Gasteiger partial charge in [-0.05, 0) is 12.8 Å². The van der Waals surface area contributed by atoms with Crippen molar-refractivity contribution in [3.8, 4) is 6.01 Å². The monoisotopic (exact) mass is 312 g/mol. The average Bonchev–Trinajstić information content (AvgIpc) is 3.22. The van der Waals surface area contributed by atoms with E-state index in [4.69, 9.17) is 26.8 Å². The number of nitrogen functional groups attached to an aromatic ring is 1. The van der Waals surface area contributed by atoms with Crippen LogP contribution in [0.1, 0.15) is 12.8 Å². The molecule has 21 heavy (non-hydrogen) atoms. The number of ether oxygens (including phenoxy) is 2. The Labute approximate surface area is 125 Å². The van der Waals surface area contributed by atoms with E-state index < -0.39 is 5.82 Å². The van der Waals surface area contributed by atoms with E-state index in [1.54, 1.807) is 7.11 Å². The molecule has 0 amide bonds. The topological polar surface area (TPSA) is 83.2 Å². The zero-order chi connectivity index (χ0) is 15.0. The van der Waals surface area contributed by atoms with Gasteiger partial charge in [0.2, 0.25) is 0 Å². The molecule has 2 heterocycles. The maximum atomic E-state index is 13.9. The third-order valence-corrected chi connectivity index (χ3v) is 3.83. The Morgan fingerprint density at radius 3 is 2.81 bits per heavy atom. The summed E-state index contributed by atoms with van der Waals surface area (Å²) in [6.07, 6.45) is 3.38. The minimum Gasteiger partial charge on any atom is -0.463 e. The average molecular weight is 313 g/mol. The molecule has 0 aromatic carbocycles. The van der Waals surface area contributed by atoms with Crippen molar-refractivity contribution >= 4 is 28.3 Å². The van der Waals surface area contributed by atoms with Crippen LogP contribution < -0.4 is 10.5 Å². The first kappa shape index (κ1) is 14.2. The van der Waals surface area contributed by atoms with Crippen LogP contribution in [0.25, 0.3) is 10.9 Å². The molecule has 2 aromatic heterocycles. The van der Waals surface area contributed by atoms with E-state index in [0.717, 1.165) is 12.8 Å². The lowest BCUT2D eigenvalue weighted by molar-refractivity contribution is 0.101. The number of fused-ring (bicyclic) bond motifs is 1. The van der Waals surface area contributed by atoms with Gasteiger partial charge in [0.15, 0.2) is 11.0 Å². The van der Waals surface area contributed by atoms with Crippen molar-refractivity contribution in [2.45, 2.75) is 12.8 Å². The molecule has 3 rings (SSSR count). The number of aromatic nitrogens is 3. The standard InChI is InChI=1S/C13H14ClFN4O2/c1-20-5-13(2-3-13)6-21-12-18-9-7(11(16)19-12)4-17-10(14)8(9)15/h4H,2-3,5-6H2,1H3,(H2,16,18,19). The summed E-state index contributed by atoms with van der Waals surface area (Å²) in [5.41, 5.74) is 5.80. The normalized spacial score (nSPS) is 16.1. The third-order valence-electron chi connectivity index (χ3n) is 3.57. The summed E-state index contributed by atoms with van der Waals surface area (Å²) in [6.45, 7) is 1.02. The number of rotatable bonds is 5. The fourth-order valence-corrected chi connectivity index (χ4v) is 2.27. The lowest BCUT2D eigenvalue weighted by atomic mass is 10.1. The van der Waals surface area contributed by atoms with Crippen molar-refractivity contribution in [1.82, 2.24) is 15.0 Å². The van der Waals surface area contributed by atoms with E-state index in [1.807, 2.05) is 0 Å². The number of hydrogen-bond acceptors (Lipinski definition) is 6. The summed E-state index contributed by atoms with van der Waals surface area (Å²) in [5, 5.41) is 0.0480. The maximum absolute atomic E-state index is 13.9. The van der Waals surface area contributed by atoms with E-state index in [0.29, 0.717) is 18.6 Å². The molecular weight excluding hydrogens is 299 g/mol. The van der Waals surface area contributed by atoms with Gasteiger partial charge in [0, 0.05) is 18.7 Å². The van der Waals surface area contributed by atoms with E-state index in [-0.39, 0.29) is 27.9 Å². The molecule has 1 aliphatic carbocycles. The minimum atomic E-state index is -0.730. The number of nitrogens with zero attached hydrogens (tertiary/aromatic N) is 3. The molecule has 1 aliphatic rings. The van der Waals surface area contributed by atoms with E-state index in [2.05, 4.69) is 15.0 Å². The number of hydrogen-bond donors (Lipinski definition) is 1. The van der Waals surface area contributed by atoms with E-state index >= 15 is 0 Å². The van der Waals surface area contributed by atoms with E-state index in [1.165, 1.54) is 6.20 Å². The van der Waals surface area contributed by atoms with Crippen LogP contribution >= 0.6 is 11.6 Å². The first-order valence-electron chi connectivity index (χ1n) is 6.44. The predicted octanol–water partition coefficient (Wildman–Crippen LogP) is 2.20. The summed E-state index contributed by atoms with van der Waals surface area (Å²) in [6, 6.07) is 0.0311. The van der Waals surface area contributed by atoms with Gasteiger partial charge in [0.1, 0.15) is 11.3 Å². The summed E-state index contributed by atoms with van der Waals surface area (Å²) in [4.78, 5) is 11.7. The highest BCUT2D eigenvalue weighted by atomic mass is 35.5. The molecule has 1 saturated carbocycles. The van der Waals surface area contributed by atoms with Crippen molar-refractivity contribution in [2.75, 3.05) is 26.1 Å². The second kappa shape index (κ2) is 5.23.